The van der Waals surface area contributed by atoms with Crippen LogP contribution in [0.25, 0.3) is 0 Å². The van der Waals surface area contributed by atoms with Crippen LogP contribution in [-0.4, -0.2) is 9.97 Å². The summed E-state index contributed by atoms with van der Waals surface area (Å²) >= 11 is 0. The molecule has 4 nitrogen and oxygen atoms in total. The highest BCUT2D eigenvalue weighted by Crippen LogP contribution is 2.19. The Morgan fingerprint density at radius 2 is 1.89 bits per heavy atom. The molecule has 1 N–H and O–H groups in total. The molecule has 0 aliphatic heterocycles. The minimum absolute atomic E-state index is 0.370. The highest BCUT2D eigenvalue weighted by molar-refractivity contribution is 5.59. The fraction of sp³-hybridized carbons (Fsp3) is 0.214. The van der Waals surface area contributed by atoms with Gasteiger partial charge in [-0.1, -0.05) is 17.7 Å². The van der Waals surface area contributed by atoms with Gasteiger partial charge >= 0.3 is 0 Å². The number of nitriles is 1. The van der Waals surface area contributed by atoms with E-state index in [0.717, 1.165) is 16.9 Å². The quantitative estimate of drug-likeness (QED) is 0.873. The van der Waals surface area contributed by atoms with Gasteiger partial charge in [0.25, 0.3) is 0 Å². The second-order valence-corrected chi connectivity index (χ2v) is 4.27. The third-order valence-corrected chi connectivity index (χ3v) is 2.60. The van der Waals surface area contributed by atoms with Gasteiger partial charge in [0.05, 0.1) is 0 Å². The SMILES string of the molecule is Cc1ccc(Nc2nc(C)cc(C#N)n2)c(C)c1. The predicted molar refractivity (Wildman–Crippen MR) is 70.7 cm³/mol. The average Bonchev–Trinajstić information content (AvgIpc) is 2.32. The maximum atomic E-state index is 8.88. The smallest absolute Gasteiger partial charge is 0.228 e. The predicted octanol–water partition coefficient (Wildman–Crippen LogP) is 3.02. The van der Waals surface area contributed by atoms with Gasteiger partial charge in [0.2, 0.25) is 5.95 Å². The number of hydrogen-bond acceptors (Lipinski definition) is 4. The molecule has 4 heteroatoms. The van der Waals surface area contributed by atoms with E-state index in [9.17, 15) is 0 Å². The molecule has 1 aromatic carbocycles. The van der Waals surface area contributed by atoms with Gasteiger partial charge in [-0.3, -0.25) is 0 Å². The molecule has 0 fully saturated rings. The van der Waals surface area contributed by atoms with Gasteiger partial charge in [0.1, 0.15) is 11.8 Å². The van der Waals surface area contributed by atoms with E-state index in [0.29, 0.717) is 11.6 Å². The van der Waals surface area contributed by atoms with Gasteiger partial charge in [-0.15, -0.1) is 0 Å². The van der Waals surface area contributed by atoms with E-state index in [2.05, 4.69) is 21.4 Å². The van der Waals surface area contributed by atoms with Gasteiger partial charge in [0, 0.05) is 11.4 Å². The summed E-state index contributed by atoms with van der Waals surface area (Å²) in [5.41, 5.74) is 4.43. The number of nitrogens with one attached hydrogen (secondary N) is 1. The molecule has 1 aromatic heterocycles. The largest absolute Gasteiger partial charge is 0.324 e. The van der Waals surface area contributed by atoms with Crippen molar-refractivity contribution in [2.75, 3.05) is 5.32 Å². The highest BCUT2D eigenvalue weighted by Gasteiger charge is 2.04. The molecule has 2 aromatic rings. The maximum absolute atomic E-state index is 8.88. The summed E-state index contributed by atoms with van der Waals surface area (Å²) in [6, 6.07) is 9.79. The Morgan fingerprint density at radius 1 is 1.11 bits per heavy atom. The number of anilines is 2. The summed E-state index contributed by atoms with van der Waals surface area (Å²) in [5.74, 6) is 0.457. The summed E-state index contributed by atoms with van der Waals surface area (Å²) < 4.78 is 0. The molecule has 2 rings (SSSR count). The van der Waals surface area contributed by atoms with Crippen molar-refractivity contribution in [1.82, 2.24) is 9.97 Å². The van der Waals surface area contributed by atoms with E-state index in [1.165, 1.54) is 5.56 Å². The van der Waals surface area contributed by atoms with Crippen LogP contribution < -0.4 is 5.32 Å². The lowest BCUT2D eigenvalue weighted by Gasteiger charge is -2.09. The Balaban J connectivity index is 2.34. The van der Waals surface area contributed by atoms with Gasteiger partial charge in [0.15, 0.2) is 0 Å². The van der Waals surface area contributed by atoms with Crippen molar-refractivity contribution < 1.29 is 0 Å². The van der Waals surface area contributed by atoms with Crippen molar-refractivity contribution in [3.05, 3.63) is 46.8 Å². The van der Waals surface area contributed by atoms with Crippen LogP contribution in [0.4, 0.5) is 11.6 Å². The van der Waals surface area contributed by atoms with E-state index in [1.807, 2.05) is 39.0 Å². The van der Waals surface area contributed by atoms with E-state index in [-0.39, 0.29) is 0 Å². The van der Waals surface area contributed by atoms with E-state index < -0.39 is 0 Å². The molecule has 1 heterocycles. The lowest BCUT2D eigenvalue weighted by molar-refractivity contribution is 1.08. The van der Waals surface area contributed by atoms with Crippen molar-refractivity contribution in [3.63, 3.8) is 0 Å². The third-order valence-electron chi connectivity index (χ3n) is 2.60. The van der Waals surface area contributed by atoms with Gasteiger partial charge in [-0.25, -0.2) is 9.97 Å². The van der Waals surface area contributed by atoms with E-state index in [1.54, 1.807) is 6.07 Å². The first kappa shape index (κ1) is 12.1. The van der Waals surface area contributed by atoms with Crippen molar-refractivity contribution in [2.24, 2.45) is 0 Å². The minimum atomic E-state index is 0.370. The van der Waals surface area contributed by atoms with Crippen molar-refractivity contribution in [1.29, 1.82) is 5.26 Å². The van der Waals surface area contributed by atoms with Gasteiger partial charge < -0.3 is 5.32 Å². The molecule has 0 bridgehead atoms. The normalized spacial score (nSPS) is 9.89. The Kier molecular flexibility index (Phi) is 3.24. The fourth-order valence-electron chi connectivity index (χ4n) is 1.76. The van der Waals surface area contributed by atoms with Crippen LogP contribution in [0, 0.1) is 32.1 Å². The molecule has 0 aliphatic carbocycles. The second-order valence-electron chi connectivity index (χ2n) is 4.27. The first-order valence-corrected chi connectivity index (χ1v) is 5.68. The van der Waals surface area contributed by atoms with E-state index in [4.69, 9.17) is 5.26 Å². The molecular weight excluding hydrogens is 224 g/mol. The zero-order valence-electron chi connectivity index (χ0n) is 10.7. The van der Waals surface area contributed by atoms with Crippen LogP contribution in [0.2, 0.25) is 0 Å². The Labute approximate surface area is 106 Å². The topological polar surface area (TPSA) is 61.6 Å². The van der Waals surface area contributed by atoms with Crippen molar-refractivity contribution in [2.45, 2.75) is 20.8 Å². The minimum Gasteiger partial charge on any atom is -0.324 e. The van der Waals surface area contributed by atoms with Crippen LogP contribution in [0.1, 0.15) is 22.5 Å². The number of hydrogen-bond donors (Lipinski definition) is 1. The first-order valence-electron chi connectivity index (χ1n) is 5.68. The summed E-state index contributed by atoms with van der Waals surface area (Å²) in [6.07, 6.45) is 0. The fourth-order valence-corrected chi connectivity index (χ4v) is 1.76. The number of rotatable bonds is 2. The molecule has 90 valence electrons. The summed E-state index contributed by atoms with van der Waals surface area (Å²) in [6.45, 7) is 5.92. The molecule has 18 heavy (non-hydrogen) atoms. The molecule has 0 amide bonds. The molecule has 0 radical (unpaired) electrons. The average molecular weight is 238 g/mol. The van der Waals surface area contributed by atoms with Crippen molar-refractivity contribution >= 4 is 11.6 Å². The standard InChI is InChI=1S/C14H14N4/c1-9-4-5-13(10(2)6-9)18-14-16-11(3)7-12(8-15)17-14/h4-7H,1-3H3,(H,16,17,18). The van der Waals surface area contributed by atoms with E-state index >= 15 is 0 Å². The number of nitrogens with zero attached hydrogens (tertiary/aromatic N) is 3. The molecule has 0 saturated carbocycles. The summed E-state index contributed by atoms with van der Waals surface area (Å²) in [5, 5.41) is 12.0. The molecule has 0 saturated heterocycles. The van der Waals surface area contributed by atoms with Crippen LogP contribution in [-0.2, 0) is 0 Å². The number of aromatic nitrogens is 2. The van der Waals surface area contributed by atoms with Crippen molar-refractivity contribution in [3.8, 4) is 6.07 Å². The third kappa shape index (κ3) is 2.64. The van der Waals surface area contributed by atoms with Crippen LogP contribution in [0.15, 0.2) is 24.3 Å². The van der Waals surface area contributed by atoms with Gasteiger partial charge in [-0.2, -0.15) is 5.26 Å². The molecule has 0 unspecified atom stereocenters. The summed E-state index contributed by atoms with van der Waals surface area (Å²) in [4.78, 5) is 8.39. The zero-order valence-corrected chi connectivity index (χ0v) is 10.7. The first-order chi connectivity index (χ1) is 8.58. The number of aryl methyl sites for hydroxylation is 3. The summed E-state index contributed by atoms with van der Waals surface area (Å²) in [7, 11) is 0. The Hall–Kier alpha value is -2.41. The number of benzene rings is 1. The van der Waals surface area contributed by atoms with Crippen LogP contribution in [0.3, 0.4) is 0 Å². The van der Waals surface area contributed by atoms with Crippen LogP contribution >= 0.6 is 0 Å². The zero-order chi connectivity index (χ0) is 13.1. The lowest BCUT2D eigenvalue weighted by atomic mass is 10.1. The molecule has 0 aliphatic rings. The molecule has 0 spiro atoms. The van der Waals surface area contributed by atoms with Gasteiger partial charge in [-0.05, 0) is 38.5 Å². The second kappa shape index (κ2) is 4.84. The van der Waals surface area contributed by atoms with Crippen LogP contribution in [0.5, 0.6) is 0 Å². The highest BCUT2D eigenvalue weighted by atomic mass is 15.1. The molecular formula is C14H14N4. The monoisotopic (exact) mass is 238 g/mol. The lowest BCUT2D eigenvalue weighted by Crippen LogP contribution is -2.01. The molecule has 0 atom stereocenters. The Morgan fingerprint density at radius 3 is 2.56 bits per heavy atom. The maximum Gasteiger partial charge on any atom is 0.228 e. The Bertz CT molecular complexity index is 626.